The van der Waals surface area contributed by atoms with E-state index in [9.17, 15) is 9.59 Å². The monoisotopic (exact) mass is 344 g/mol. The van der Waals surface area contributed by atoms with Gasteiger partial charge in [-0.15, -0.1) is 0 Å². The van der Waals surface area contributed by atoms with Crippen LogP contribution in [-0.2, 0) is 9.53 Å². The molecule has 1 aromatic rings. The minimum absolute atomic E-state index is 0.210. The Hall–Kier alpha value is -1.56. The molecule has 0 saturated heterocycles. The maximum Gasteiger partial charge on any atom is 0.379 e. The van der Waals surface area contributed by atoms with E-state index in [1.165, 1.54) is 26.4 Å². The van der Waals surface area contributed by atoms with E-state index < -0.39 is 11.8 Å². The number of Topliss-reactive ketones (excluding diaryl/α,β-unsaturated/α-hetero) is 1. The molecule has 0 atom stereocenters. The van der Waals surface area contributed by atoms with Crippen LogP contribution in [0, 0.1) is 0 Å². The molecule has 0 aromatic heterocycles. The highest BCUT2D eigenvalue weighted by molar-refractivity contribution is 9.09. The Morgan fingerprint density at radius 1 is 1.15 bits per heavy atom. The Balaban J connectivity index is 2.80. The molecule has 0 aliphatic carbocycles. The van der Waals surface area contributed by atoms with Gasteiger partial charge in [-0.05, 0) is 31.0 Å². The fourth-order valence-electron chi connectivity index (χ4n) is 1.52. The van der Waals surface area contributed by atoms with E-state index in [0.29, 0.717) is 18.1 Å². The van der Waals surface area contributed by atoms with Gasteiger partial charge in [-0.1, -0.05) is 15.9 Å². The van der Waals surface area contributed by atoms with E-state index in [2.05, 4.69) is 20.7 Å². The predicted octanol–water partition coefficient (Wildman–Crippen LogP) is 2.60. The number of alkyl halides is 1. The third-order valence-electron chi connectivity index (χ3n) is 2.58. The molecule has 0 aliphatic rings. The molecule has 1 rings (SSSR count). The molecule has 1 aromatic carbocycles. The van der Waals surface area contributed by atoms with Crippen molar-refractivity contribution in [3.05, 3.63) is 23.8 Å². The lowest BCUT2D eigenvalue weighted by atomic mass is 10.1. The summed E-state index contributed by atoms with van der Waals surface area (Å²) in [5.41, 5.74) is 0.210. The van der Waals surface area contributed by atoms with Crippen molar-refractivity contribution in [1.82, 2.24) is 0 Å². The van der Waals surface area contributed by atoms with E-state index in [1.807, 2.05) is 0 Å². The van der Waals surface area contributed by atoms with Gasteiger partial charge in [-0.25, -0.2) is 4.79 Å². The van der Waals surface area contributed by atoms with E-state index in [-0.39, 0.29) is 5.56 Å². The molecule has 0 radical (unpaired) electrons. The molecule has 0 saturated carbocycles. The maximum atomic E-state index is 11.7. The number of benzene rings is 1. The summed E-state index contributed by atoms with van der Waals surface area (Å²) in [7, 11) is 2.64. The van der Waals surface area contributed by atoms with Crippen LogP contribution >= 0.6 is 15.9 Å². The lowest BCUT2D eigenvalue weighted by Crippen LogP contribution is -2.15. The third kappa shape index (κ3) is 4.52. The van der Waals surface area contributed by atoms with Gasteiger partial charge in [0, 0.05) is 10.9 Å². The fraction of sp³-hybridized carbons (Fsp3) is 0.429. The molecule has 0 N–H and O–H groups in total. The summed E-state index contributed by atoms with van der Waals surface area (Å²) in [6.07, 6.45) is 1.93. The lowest BCUT2D eigenvalue weighted by molar-refractivity contribution is -0.135. The highest BCUT2D eigenvalue weighted by Gasteiger charge is 2.18. The van der Waals surface area contributed by atoms with Gasteiger partial charge in [0.15, 0.2) is 11.5 Å². The molecule has 6 heteroatoms. The summed E-state index contributed by atoms with van der Waals surface area (Å²) in [6, 6.07) is 4.60. The molecule has 0 aliphatic heterocycles. The van der Waals surface area contributed by atoms with Crippen molar-refractivity contribution in [3.63, 3.8) is 0 Å². The van der Waals surface area contributed by atoms with Crippen molar-refractivity contribution >= 4 is 27.7 Å². The zero-order valence-electron chi connectivity index (χ0n) is 11.5. The summed E-state index contributed by atoms with van der Waals surface area (Å²) in [4.78, 5) is 22.9. The first-order valence-corrected chi connectivity index (χ1v) is 7.25. The number of carbonyl (C=O) groups excluding carboxylic acids is 2. The zero-order chi connectivity index (χ0) is 15.0. The number of methoxy groups -OCH3 is 2. The van der Waals surface area contributed by atoms with Gasteiger partial charge >= 0.3 is 5.97 Å². The van der Waals surface area contributed by atoms with E-state index in [0.717, 1.165) is 18.2 Å². The number of ether oxygens (including phenoxy) is 3. The Kier molecular flexibility index (Phi) is 7.08. The van der Waals surface area contributed by atoms with E-state index in [1.54, 1.807) is 6.07 Å². The summed E-state index contributed by atoms with van der Waals surface area (Å²) in [5.74, 6) is -0.656. The SMILES string of the molecule is COC(=O)C(=O)c1ccc(OCCCCBr)c(OC)c1. The van der Waals surface area contributed by atoms with Gasteiger partial charge < -0.3 is 14.2 Å². The number of rotatable bonds is 8. The van der Waals surface area contributed by atoms with Gasteiger partial charge in [0.1, 0.15) is 0 Å². The molecule has 20 heavy (non-hydrogen) atoms. The molecule has 0 heterocycles. The Morgan fingerprint density at radius 3 is 2.50 bits per heavy atom. The van der Waals surface area contributed by atoms with Crippen molar-refractivity contribution in [2.24, 2.45) is 0 Å². The van der Waals surface area contributed by atoms with Crippen LogP contribution in [0.5, 0.6) is 11.5 Å². The molecule has 110 valence electrons. The van der Waals surface area contributed by atoms with Crippen molar-refractivity contribution in [1.29, 1.82) is 0 Å². The number of esters is 1. The van der Waals surface area contributed by atoms with Gasteiger partial charge in [0.2, 0.25) is 0 Å². The van der Waals surface area contributed by atoms with Gasteiger partial charge in [-0.2, -0.15) is 0 Å². The van der Waals surface area contributed by atoms with Gasteiger partial charge in [0.05, 0.1) is 20.8 Å². The molecule has 5 nitrogen and oxygen atoms in total. The normalized spacial score (nSPS) is 9.95. The van der Waals surface area contributed by atoms with E-state index >= 15 is 0 Å². The molecular formula is C14H17BrO5. The number of carbonyl (C=O) groups is 2. The average molecular weight is 345 g/mol. The second kappa shape index (κ2) is 8.58. The molecule has 0 bridgehead atoms. The van der Waals surface area contributed by atoms with Crippen molar-refractivity contribution < 1.29 is 23.8 Å². The third-order valence-corrected chi connectivity index (χ3v) is 3.14. The van der Waals surface area contributed by atoms with Crippen LogP contribution in [0.1, 0.15) is 23.2 Å². The number of hydrogen-bond donors (Lipinski definition) is 0. The van der Waals surface area contributed by atoms with Crippen molar-refractivity contribution in [2.45, 2.75) is 12.8 Å². The maximum absolute atomic E-state index is 11.7. The zero-order valence-corrected chi connectivity index (χ0v) is 13.1. The number of halogens is 1. The van der Waals surface area contributed by atoms with Crippen LogP contribution in [0.4, 0.5) is 0 Å². The van der Waals surface area contributed by atoms with Gasteiger partial charge in [0.25, 0.3) is 5.78 Å². The summed E-state index contributed by atoms with van der Waals surface area (Å²) >= 11 is 3.35. The molecular weight excluding hydrogens is 328 g/mol. The lowest BCUT2D eigenvalue weighted by Gasteiger charge is -2.11. The quantitative estimate of drug-likeness (QED) is 0.238. The highest BCUT2D eigenvalue weighted by atomic mass is 79.9. The number of unbranched alkanes of at least 4 members (excludes halogenated alkanes) is 1. The molecule has 0 fully saturated rings. The standard InChI is InChI=1S/C14H17BrO5/c1-18-12-9-10(13(16)14(17)19-2)5-6-11(12)20-8-4-3-7-15/h5-6,9H,3-4,7-8H2,1-2H3. The molecule has 0 spiro atoms. The minimum atomic E-state index is -0.905. The Morgan fingerprint density at radius 2 is 1.90 bits per heavy atom. The van der Waals surface area contributed by atoms with Gasteiger partial charge in [-0.3, -0.25) is 4.79 Å². The average Bonchev–Trinajstić information content (AvgIpc) is 2.50. The molecule has 0 unspecified atom stereocenters. The summed E-state index contributed by atoms with van der Waals surface area (Å²) in [5, 5.41) is 0.931. The number of ketones is 1. The van der Waals surface area contributed by atoms with Crippen LogP contribution in [-0.4, -0.2) is 37.9 Å². The summed E-state index contributed by atoms with van der Waals surface area (Å²) < 4.78 is 15.1. The van der Waals surface area contributed by atoms with Crippen LogP contribution in [0.25, 0.3) is 0 Å². The largest absolute Gasteiger partial charge is 0.493 e. The fourth-order valence-corrected chi connectivity index (χ4v) is 1.91. The van der Waals surface area contributed by atoms with Crippen molar-refractivity contribution in [3.8, 4) is 11.5 Å². The van der Waals surface area contributed by atoms with Crippen LogP contribution in [0.3, 0.4) is 0 Å². The minimum Gasteiger partial charge on any atom is -0.493 e. The second-order valence-electron chi connectivity index (χ2n) is 3.93. The second-order valence-corrected chi connectivity index (χ2v) is 4.72. The topological polar surface area (TPSA) is 61.8 Å². The van der Waals surface area contributed by atoms with Crippen molar-refractivity contribution in [2.75, 3.05) is 26.2 Å². The van der Waals surface area contributed by atoms with Crippen LogP contribution in [0.15, 0.2) is 18.2 Å². The first-order chi connectivity index (χ1) is 9.63. The smallest absolute Gasteiger partial charge is 0.379 e. The predicted molar refractivity (Wildman–Crippen MR) is 77.9 cm³/mol. The molecule has 0 amide bonds. The Labute approximate surface area is 126 Å². The Bertz CT molecular complexity index is 473. The first-order valence-electron chi connectivity index (χ1n) is 6.13. The first kappa shape index (κ1) is 16.5. The summed E-state index contributed by atoms with van der Waals surface area (Å²) in [6.45, 7) is 0.562. The highest BCUT2D eigenvalue weighted by Crippen LogP contribution is 2.28. The number of hydrogen-bond acceptors (Lipinski definition) is 5. The van der Waals surface area contributed by atoms with Crippen LogP contribution in [0.2, 0.25) is 0 Å². The van der Waals surface area contributed by atoms with Crippen LogP contribution < -0.4 is 9.47 Å². The van der Waals surface area contributed by atoms with E-state index in [4.69, 9.17) is 9.47 Å².